The van der Waals surface area contributed by atoms with Crippen LogP contribution >= 0.6 is 0 Å². The molecule has 1 aliphatic carbocycles. The lowest BCUT2D eigenvalue weighted by atomic mass is 9.92. The number of alkyl carbamates (subject to hydrolysis) is 1. The lowest BCUT2D eigenvalue weighted by molar-refractivity contribution is -0.138. The minimum atomic E-state index is -0.793. The van der Waals surface area contributed by atoms with Crippen molar-refractivity contribution in [1.29, 1.82) is 0 Å². The molecule has 0 spiro atoms. The summed E-state index contributed by atoms with van der Waals surface area (Å²) < 4.78 is 5.62. The van der Waals surface area contributed by atoms with E-state index in [0.29, 0.717) is 25.9 Å². The Morgan fingerprint density at radius 3 is 2.12 bits per heavy atom. The number of nitrogens with one attached hydrogen (secondary N) is 1. The molecule has 7 nitrogen and oxygen atoms in total. The van der Waals surface area contributed by atoms with Crippen molar-refractivity contribution in [2.75, 3.05) is 19.7 Å². The van der Waals surface area contributed by atoms with Gasteiger partial charge in [0, 0.05) is 37.4 Å². The van der Waals surface area contributed by atoms with Crippen LogP contribution in [0.1, 0.15) is 56.6 Å². The number of benzene rings is 2. The molecule has 0 atom stereocenters. The predicted molar refractivity (Wildman–Crippen MR) is 128 cm³/mol. The van der Waals surface area contributed by atoms with Gasteiger partial charge in [-0.1, -0.05) is 48.5 Å². The number of carbonyl (C=O) groups excluding carboxylic acids is 2. The highest BCUT2D eigenvalue weighted by Crippen LogP contribution is 2.44. The first-order chi connectivity index (χ1) is 16.2. The van der Waals surface area contributed by atoms with E-state index >= 15 is 0 Å². The van der Waals surface area contributed by atoms with Gasteiger partial charge in [-0.25, -0.2) is 4.79 Å². The Kier molecular flexibility index (Phi) is 6.91. The first-order valence-corrected chi connectivity index (χ1v) is 11.9. The van der Waals surface area contributed by atoms with Crippen molar-refractivity contribution in [2.24, 2.45) is 5.92 Å². The number of piperidine rings is 1. The lowest BCUT2D eigenvalue weighted by Crippen LogP contribution is -2.49. The van der Waals surface area contributed by atoms with E-state index in [9.17, 15) is 14.4 Å². The van der Waals surface area contributed by atoms with Crippen LogP contribution in [0.3, 0.4) is 0 Å². The third-order valence-electron chi connectivity index (χ3n) is 6.81. The highest BCUT2D eigenvalue weighted by atomic mass is 16.5. The quantitative estimate of drug-likeness (QED) is 0.633. The number of carbonyl (C=O) groups is 3. The number of carboxylic acid groups (broad SMARTS) is 1. The molecule has 0 radical (unpaired) electrons. The third-order valence-corrected chi connectivity index (χ3v) is 6.81. The smallest absolute Gasteiger partial charge is 0.407 e. The number of amides is 2. The highest BCUT2D eigenvalue weighted by molar-refractivity contribution is 5.80. The monoisotopic (exact) mass is 464 g/mol. The third kappa shape index (κ3) is 5.41. The molecule has 2 N–H and O–H groups in total. The Hall–Kier alpha value is -3.35. The van der Waals surface area contributed by atoms with Gasteiger partial charge in [0.25, 0.3) is 0 Å². The van der Waals surface area contributed by atoms with Crippen LogP contribution in [-0.4, -0.2) is 53.2 Å². The summed E-state index contributed by atoms with van der Waals surface area (Å²) >= 11 is 0. The van der Waals surface area contributed by atoms with Crippen LogP contribution in [0.5, 0.6) is 0 Å². The van der Waals surface area contributed by atoms with Gasteiger partial charge in [0.2, 0.25) is 5.91 Å². The number of hydrogen-bond donors (Lipinski definition) is 2. The molecule has 1 fully saturated rings. The minimum Gasteiger partial charge on any atom is -0.481 e. The Morgan fingerprint density at radius 2 is 1.56 bits per heavy atom. The van der Waals surface area contributed by atoms with Crippen LogP contribution in [-0.2, 0) is 14.3 Å². The van der Waals surface area contributed by atoms with Gasteiger partial charge in [-0.15, -0.1) is 0 Å². The average Bonchev–Trinajstić information content (AvgIpc) is 3.11. The predicted octanol–water partition coefficient (Wildman–Crippen LogP) is 4.41. The Labute approximate surface area is 200 Å². The van der Waals surface area contributed by atoms with Crippen molar-refractivity contribution in [1.82, 2.24) is 10.2 Å². The molecular weight excluding hydrogens is 432 g/mol. The molecule has 2 aliphatic rings. The summed E-state index contributed by atoms with van der Waals surface area (Å²) in [7, 11) is 0. The Bertz CT molecular complexity index is 1030. The molecule has 2 aromatic rings. The fourth-order valence-corrected chi connectivity index (χ4v) is 5.08. The van der Waals surface area contributed by atoms with Crippen molar-refractivity contribution >= 4 is 18.0 Å². The number of likely N-dealkylation sites (tertiary alicyclic amines) is 1. The van der Waals surface area contributed by atoms with Gasteiger partial charge >= 0.3 is 12.1 Å². The van der Waals surface area contributed by atoms with Gasteiger partial charge in [0.05, 0.1) is 0 Å². The van der Waals surface area contributed by atoms with Gasteiger partial charge in [0.15, 0.2) is 0 Å². The van der Waals surface area contributed by atoms with Crippen molar-refractivity contribution in [3.8, 4) is 11.1 Å². The molecule has 0 bridgehead atoms. The van der Waals surface area contributed by atoms with Crippen molar-refractivity contribution in [2.45, 2.75) is 51.0 Å². The first kappa shape index (κ1) is 23.8. The van der Waals surface area contributed by atoms with E-state index in [1.54, 1.807) is 4.90 Å². The molecule has 7 heteroatoms. The van der Waals surface area contributed by atoms with E-state index in [0.717, 1.165) is 11.1 Å². The second kappa shape index (κ2) is 9.87. The average molecular weight is 465 g/mol. The van der Waals surface area contributed by atoms with Gasteiger partial charge in [-0.3, -0.25) is 9.59 Å². The second-order valence-corrected chi connectivity index (χ2v) is 9.93. The zero-order chi connectivity index (χ0) is 24.3. The summed E-state index contributed by atoms with van der Waals surface area (Å²) in [5.74, 6) is -0.737. The molecule has 0 saturated carbocycles. The maximum Gasteiger partial charge on any atom is 0.407 e. The normalized spacial score (nSPS) is 16.0. The number of ether oxygens (including phenoxy) is 1. The summed E-state index contributed by atoms with van der Waals surface area (Å²) in [6.45, 7) is 4.95. The van der Waals surface area contributed by atoms with Crippen LogP contribution < -0.4 is 5.32 Å². The van der Waals surface area contributed by atoms with Crippen LogP contribution in [0.25, 0.3) is 11.1 Å². The maximum absolute atomic E-state index is 12.8. The lowest BCUT2D eigenvalue weighted by Gasteiger charge is -2.34. The zero-order valence-corrected chi connectivity index (χ0v) is 19.8. The number of fused-ring (bicyclic) bond motifs is 3. The molecule has 0 unspecified atom stereocenters. The molecule has 0 aromatic heterocycles. The fraction of sp³-hybridized carbons (Fsp3) is 0.444. The largest absolute Gasteiger partial charge is 0.481 e. The van der Waals surface area contributed by atoms with E-state index in [2.05, 4.69) is 29.6 Å². The van der Waals surface area contributed by atoms with Gasteiger partial charge in [0.1, 0.15) is 6.61 Å². The van der Waals surface area contributed by atoms with E-state index in [-0.39, 0.29) is 37.2 Å². The van der Waals surface area contributed by atoms with Gasteiger partial charge in [-0.2, -0.15) is 0 Å². The Morgan fingerprint density at radius 1 is 1.00 bits per heavy atom. The minimum absolute atomic E-state index is 0.0185. The van der Waals surface area contributed by atoms with Crippen molar-refractivity contribution in [3.63, 3.8) is 0 Å². The summed E-state index contributed by atoms with van der Waals surface area (Å²) in [4.78, 5) is 38.1. The van der Waals surface area contributed by atoms with Crippen LogP contribution in [0.15, 0.2) is 48.5 Å². The molecule has 180 valence electrons. The molecule has 1 heterocycles. The molecule has 34 heavy (non-hydrogen) atoms. The zero-order valence-electron chi connectivity index (χ0n) is 19.8. The van der Waals surface area contributed by atoms with E-state index in [4.69, 9.17) is 9.84 Å². The van der Waals surface area contributed by atoms with Crippen molar-refractivity contribution in [3.05, 3.63) is 59.7 Å². The van der Waals surface area contributed by atoms with E-state index in [1.807, 2.05) is 38.1 Å². The summed E-state index contributed by atoms with van der Waals surface area (Å²) in [6.07, 6.45) is 1.15. The fourth-order valence-electron chi connectivity index (χ4n) is 5.08. The van der Waals surface area contributed by atoms with E-state index < -0.39 is 17.6 Å². The number of nitrogens with zero attached hydrogens (tertiary/aromatic N) is 1. The van der Waals surface area contributed by atoms with Gasteiger partial charge in [-0.05, 0) is 54.9 Å². The maximum atomic E-state index is 12.8. The van der Waals surface area contributed by atoms with Gasteiger partial charge < -0.3 is 20.1 Å². The molecule has 1 aliphatic heterocycles. The van der Waals surface area contributed by atoms with Crippen LogP contribution in [0.2, 0.25) is 0 Å². The van der Waals surface area contributed by atoms with Crippen LogP contribution in [0.4, 0.5) is 4.79 Å². The molecule has 2 amide bonds. The standard InChI is InChI=1S/C27H32N2O5/c1-27(2,16-24(30)29-13-11-18(12-14-29)15-25(31)32)28-26(33)34-17-23-21-9-5-3-7-19(21)20-8-4-6-10-22(20)23/h3-10,18,23H,11-17H2,1-2H3,(H,28,33)(H,31,32). The molecular formula is C27H32N2O5. The summed E-state index contributed by atoms with van der Waals surface area (Å²) in [5.41, 5.74) is 3.88. The second-order valence-electron chi connectivity index (χ2n) is 9.93. The number of carboxylic acids is 1. The SMILES string of the molecule is CC(C)(CC(=O)N1CCC(CC(=O)O)CC1)NC(=O)OCC1c2ccccc2-c2ccccc21. The van der Waals surface area contributed by atoms with E-state index in [1.165, 1.54) is 11.1 Å². The molecule has 4 rings (SSSR count). The number of hydrogen-bond acceptors (Lipinski definition) is 4. The first-order valence-electron chi connectivity index (χ1n) is 11.9. The summed E-state index contributed by atoms with van der Waals surface area (Å²) in [5, 5.41) is 11.8. The van der Waals surface area contributed by atoms with Crippen molar-refractivity contribution < 1.29 is 24.2 Å². The molecule has 2 aromatic carbocycles. The topological polar surface area (TPSA) is 95.9 Å². The number of rotatable bonds is 7. The van der Waals surface area contributed by atoms with Crippen LogP contribution in [0, 0.1) is 5.92 Å². The molecule has 1 saturated heterocycles. The highest BCUT2D eigenvalue weighted by Gasteiger charge is 2.32. The Balaban J connectivity index is 1.29. The summed E-state index contributed by atoms with van der Waals surface area (Å²) in [6, 6.07) is 16.3. The number of aliphatic carboxylic acids is 1.